The average Bonchev–Trinajstić information content (AvgIpc) is 2.71. The van der Waals surface area contributed by atoms with Gasteiger partial charge >= 0.3 is 6.09 Å². The van der Waals surface area contributed by atoms with E-state index < -0.39 is 17.7 Å². The fourth-order valence-electron chi connectivity index (χ4n) is 3.29. The topological polar surface area (TPSA) is 71.5 Å². The maximum atomic E-state index is 13.4. The normalized spacial score (nSPS) is 12.3. The minimum atomic E-state index is -0.850. The number of anilines is 1. The Hall–Kier alpha value is -3.41. The van der Waals surface area contributed by atoms with Gasteiger partial charge in [-0.2, -0.15) is 0 Å². The van der Waals surface area contributed by atoms with Crippen LogP contribution in [0.1, 0.15) is 32.4 Å². The maximum absolute atomic E-state index is 13.4. The first-order valence-corrected chi connectivity index (χ1v) is 9.38. The van der Waals surface area contributed by atoms with E-state index in [0.29, 0.717) is 11.3 Å². The number of carbonyl (C=O) groups excluding carboxylic acids is 2. The lowest BCUT2D eigenvalue weighted by atomic mass is 9.97. The standard InChI is InChI=1S/C23H25N3O3/c1-23(2,3)26(22(28)29-4)20(16-8-6-5-7-9-16)21(27)25-19-11-10-18-15-24-13-12-17(18)14-19/h5-15,20H,1-4H3,(H,25,27)/t20-/m1/s1. The van der Waals surface area contributed by atoms with Crippen molar-refractivity contribution in [3.8, 4) is 0 Å². The van der Waals surface area contributed by atoms with Crippen molar-refractivity contribution >= 4 is 28.5 Å². The summed E-state index contributed by atoms with van der Waals surface area (Å²) < 4.78 is 5.00. The van der Waals surface area contributed by atoms with Gasteiger partial charge in [0.25, 0.3) is 5.91 Å². The van der Waals surface area contributed by atoms with E-state index in [1.807, 2.05) is 75.4 Å². The maximum Gasteiger partial charge on any atom is 0.410 e. The Balaban J connectivity index is 2.00. The summed E-state index contributed by atoms with van der Waals surface area (Å²) in [5.41, 5.74) is 0.712. The summed E-state index contributed by atoms with van der Waals surface area (Å²) in [6, 6.07) is 15.9. The molecule has 150 valence electrons. The highest BCUT2D eigenvalue weighted by molar-refractivity contribution is 5.99. The molecule has 0 bridgehead atoms. The highest BCUT2D eigenvalue weighted by Crippen LogP contribution is 2.31. The van der Waals surface area contributed by atoms with Crippen molar-refractivity contribution in [3.63, 3.8) is 0 Å². The van der Waals surface area contributed by atoms with Crippen LogP contribution < -0.4 is 5.32 Å². The number of benzene rings is 2. The Morgan fingerprint density at radius 3 is 2.41 bits per heavy atom. The van der Waals surface area contributed by atoms with Crippen LogP contribution in [0.4, 0.5) is 10.5 Å². The number of nitrogens with zero attached hydrogens (tertiary/aromatic N) is 2. The Kier molecular flexibility index (Phi) is 5.82. The summed E-state index contributed by atoms with van der Waals surface area (Å²) in [5, 5.41) is 4.91. The molecule has 2 amide bonds. The molecule has 3 aromatic rings. The first-order valence-electron chi connectivity index (χ1n) is 9.38. The first kappa shape index (κ1) is 20.3. The first-order chi connectivity index (χ1) is 13.8. The zero-order chi connectivity index (χ0) is 21.0. The molecule has 1 atom stereocenters. The predicted molar refractivity (Wildman–Crippen MR) is 114 cm³/mol. The quantitative estimate of drug-likeness (QED) is 0.695. The summed E-state index contributed by atoms with van der Waals surface area (Å²) in [7, 11) is 1.32. The molecule has 0 unspecified atom stereocenters. The van der Waals surface area contributed by atoms with Crippen LogP contribution in [-0.2, 0) is 9.53 Å². The number of fused-ring (bicyclic) bond motifs is 1. The minimum Gasteiger partial charge on any atom is -0.453 e. The van der Waals surface area contributed by atoms with Crippen LogP contribution >= 0.6 is 0 Å². The second-order valence-corrected chi connectivity index (χ2v) is 7.75. The number of carbonyl (C=O) groups is 2. The highest BCUT2D eigenvalue weighted by Gasteiger charge is 2.39. The SMILES string of the molecule is COC(=O)N([C@@H](C(=O)Nc1ccc2cnccc2c1)c1ccccc1)C(C)(C)C. The minimum absolute atomic E-state index is 0.315. The van der Waals surface area contributed by atoms with E-state index >= 15 is 0 Å². The molecular weight excluding hydrogens is 366 g/mol. The Labute approximate surface area is 170 Å². The molecule has 1 heterocycles. The van der Waals surface area contributed by atoms with Gasteiger partial charge in [0, 0.05) is 29.0 Å². The molecular formula is C23H25N3O3. The number of rotatable bonds is 4. The summed E-state index contributed by atoms with van der Waals surface area (Å²) in [5.74, 6) is -0.315. The van der Waals surface area contributed by atoms with E-state index in [1.165, 1.54) is 12.0 Å². The van der Waals surface area contributed by atoms with E-state index in [-0.39, 0.29) is 5.91 Å². The summed E-state index contributed by atoms with van der Waals surface area (Å²) in [6.07, 6.45) is 2.91. The molecule has 0 aliphatic rings. The Bertz CT molecular complexity index is 1010. The predicted octanol–water partition coefficient (Wildman–Crippen LogP) is 4.78. The molecule has 0 aliphatic carbocycles. The van der Waals surface area contributed by atoms with Crippen molar-refractivity contribution < 1.29 is 14.3 Å². The molecule has 1 N–H and O–H groups in total. The summed E-state index contributed by atoms with van der Waals surface area (Å²) in [6.45, 7) is 5.61. The van der Waals surface area contributed by atoms with Crippen molar-refractivity contribution in [1.29, 1.82) is 0 Å². The fraction of sp³-hybridized carbons (Fsp3) is 0.261. The van der Waals surface area contributed by atoms with Crippen molar-refractivity contribution in [2.24, 2.45) is 0 Å². The molecule has 6 nitrogen and oxygen atoms in total. The van der Waals surface area contributed by atoms with Gasteiger partial charge in [-0.1, -0.05) is 36.4 Å². The van der Waals surface area contributed by atoms with Gasteiger partial charge < -0.3 is 10.1 Å². The lowest BCUT2D eigenvalue weighted by molar-refractivity contribution is -0.122. The highest BCUT2D eigenvalue weighted by atomic mass is 16.5. The monoisotopic (exact) mass is 391 g/mol. The van der Waals surface area contributed by atoms with Gasteiger partial charge in [0.15, 0.2) is 0 Å². The van der Waals surface area contributed by atoms with Gasteiger partial charge in [-0.15, -0.1) is 0 Å². The number of nitrogens with one attached hydrogen (secondary N) is 1. The van der Waals surface area contributed by atoms with E-state index in [9.17, 15) is 9.59 Å². The van der Waals surface area contributed by atoms with Crippen molar-refractivity contribution in [3.05, 3.63) is 72.6 Å². The lowest BCUT2D eigenvalue weighted by Gasteiger charge is -2.39. The summed E-state index contributed by atoms with van der Waals surface area (Å²) in [4.78, 5) is 31.6. The Morgan fingerprint density at radius 2 is 1.76 bits per heavy atom. The van der Waals surface area contributed by atoms with Crippen molar-refractivity contribution in [2.45, 2.75) is 32.4 Å². The van der Waals surface area contributed by atoms with E-state index in [2.05, 4.69) is 10.3 Å². The van der Waals surface area contributed by atoms with E-state index in [4.69, 9.17) is 4.74 Å². The van der Waals surface area contributed by atoms with Crippen LogP contribution in [-0.4, -0.2) is 34.5 Å². The van der Waals surface area contributed by atoms with Crippen LogP contribution in [0.2, 0.25) is 0 Å². The van der Waals surface area contributed by atoms with Crippen molar-refractivity contribution in [2.75, 3.05) is 12.4 Å². The van der Waals surface area contributed by atoms with Crippen molar-refractivity contribution in [1.82, 2.24) is 9.88 Å². The molecule has 0 saturated carbocycles. The molecule has 0 spiro atoms. The van der Waals surface area contributed by atoms with Gasteiger partial charge in [-0.25, -0.2) is 4.79 Å². The largest absolute Gasteiger partial charge is 0.453 e. The zero-order valence-corrected chi connectivity index (χ0v) is 17.0. The molecule has 0 fully saturated rings. The lowest BCUT2D eigenvalue weighted by Crippen LogP contribution is -2.51. The molecule has 29 heavy (non-hydrogen) atoms. The van der Waals surface area contributed by atoms with Crippen LogP contribution in [0.25, 0.3) is 10.8 Å². The van der Waals surface area contributed by atoms with Gasteiger partial charge in [-0.3, -0.25) is 14.7 Å². The second kappa shape index (κ2) is 8.31. The van der Waals surface area contributed by atoms with E-state index in [0.717, 1.165) is 10.8 Å². The van der Waals surface area contributed by atoms with Crippen LogP contribution in [0.5, 0.6) is 0 Å². The molecule has 2 aromatic carbocycles. The van der Waals surface area contributed by atoms with Gasteiger partial charge in [0.2, 0.25) is 0 Å². The average molecular weight is 391 g/mol. The number of pyridine rings is 1. The number of aromatic nitrogens is 1. The number of amides is 2. The summed E-state index contributed by atoms with van der Waals surface area (Å²) >= 11 is 0. The number of hydrogen-bond acceptors (Lipinski definition) is 4. The smallest absolute Gasteiger partial charge is 0.410 e. The van der Waals surface area contributed by atoms with Gasteiger partial charge in [0.1, 0.15) is 6.04 Å². The van der Waals surface area contributed by atoms with Crippen LogP contribution in [0.15, 0.2) is 67.0 Å². The molecule has 6 heteroatoms. The second-order valence-electron chi connectivity index (χ2n) is 7.75. The number of ether oxygens (including phenoxy) is 1. The zero-order valence-electron chi connectivity index (χ0n) is 17.0. The third-order valence-corrected chi connectivity index (χ3v) is 4.62. The third kappa shape index (κ3) is 4.54. The van der Waals surface area contributed by atoms with Gasteiger partial charge in [-0.05, 0) is 49.9 Å². The molecule has 0 aliphatic heterocycles. The third-order valence-electron chi connectivity index (χ3n) is 4.62. The number of methoxy groups -OCH3 is 1. The fourth-order valence-corrected chi connectivity index (χ4v) is 3.29. The van der Waals surface area contributed by atoms with Crippen LogP contribution in [0, 0.1) is 0 Å². The molecule has 1 aromatic heterocycles. The molecule has 0 saturated heterocycles. The molecule has 0 radical (unpaired) electrons. The van der Waals surface area contributed by atoms with Crippen LogP contribution in [0.3, 0.4) is 0 Å². The van der Waals surface area contributed by atoms with E-state index in [1.54, 1.807) is 12.4 Å². The molecule has 3 rings (SSSR count). The van der Waals surface area contributed by atoms with Gasteiger partial charge in [0.05, 0.1) is 7.11 Å². The number of hydrogen-bond donors (Lipinski definition) is 1. The Morgan fingerprint density at radius 1 is 1.03 bits per heavy atom.